The van der Waals surface area contributed by atoms with Crippen LogP contribution in [0.25, 0.3) is 77.0 Å². The minimum atomic E-state index is -0.00854. The van der Waals surface area contributed by atoms with Crippen LogP contribution in [0.4, 0.5) is 0 Å². The van der Waals surface area contributed by atoms with Crippen molar-refractivity contribution in [1.29, 1.82) is 0 Å². The average molecular weight is 609 g/mol. The number of unbranched alkanes of at least 4 members (excludes halogenated alkanes) is 2. The fourth-order valence-corrected chi connectivity index (χ4v) is 8.68. The number of hydrogen-bond donors (Lipinski definition) is 2. The molecule has 0 saturated heterocycles. The molecule has 2 N–H and O–H groups in total. The predicted octanol–water partition coefficient (Wildman–Crippen LogP) is 12.9. The van der Waals surface area contributed by atoms with Gasteiger partial charge in [0.25, 0.3) is 0 Å². The lowest BCUT2D eigenvalue weighted by Gasteiger charge is -2.33. The number of para-hydroxylation sites is 4. The second-order valence-electron chi connectivity index (χ2n) is 13.6. The van der Waals surface area contributed by atoms with E-state index in [1.807, 2.05) is 0 Å². The van der Waals surface area contributed by atoms with E-state index in [0.29, 0.717) is 0 Å². The Balaban J connectivity index is 1.25. The van der Waals surface area contributed by atoms with Crippen molar-refractivity contribution in [3.63, 3.8) is 0 Å². The molecule has 47 heavy (non-hydrogen) atoms. The van der Waals surface area contributed by atoms with Crippen molar-refractivity contribution in [3.05, 3.63) is 132 Å². The van der Waals surface area contributed by atoms with E-state index in [2.05, 4.69) is 145 Å². The van der Waals surface area contributed by atoms with E-state index in [4.69, 9.17) is 0 Å². The molecule has 0 bridgehead atoms. The van der Waals surface area contributed by atoms with Crippen molar-refractivity contribution in [3.8, 4) is 33.4 Å². The zero-order valence-electron chi connectivity index (χ0n) is 27.3. The molecule has 1 aliphatic rings. The van der Waals surface area contributed by atoms with Gasteiger partial charge in [0.1, 0.15) is 0 Å². The molecule has 2 heterocycles. The standard InChI is InChI=1S/C45H40N2/c1-3-5-25-45(26-6-4-2)39-27-29(31-15-11-17-37-35-13-7-9-19-41(35)46-43(31)37)21-23-33(39)34-24-22-30(28-40(34)45)32-16-12-18-38-36-14-8-10-20-42(36)47-44(32)38/h7-24,27-28,46-47H,3-6,25-26H2,1-2H3. The Kier molecular flexibility index (Phi) is 6.61. The maximum Gasteiger partial charge on any atom is 0.0544 e. The first-order valence-electron chi connectivity index (χ1n) is 17.5. The van der Waals surface area contributed by atoms with Gasteiger partial charge in [0.15, 0.2) is 0 Å². The Morgan fingerprint density at radius 2 is 0.894 bits per heavy atom. The van der Waals surface area contributed by atoms with Crippen LogP contribution in [0.15, 0.2) is 121 Å². The van der Waals surface area contributed by atoms with E-state index >= 15 is 0 Å². The third-order valence-corrected chi connectivity index (χ3v) is 11.0. The number of aromatic amines is 2. The highest BCUT2D eigenvalue weighted by molar-refractivity contribution is 6.13. The van der Waals surface area contributed by atoms with Crippen molar-refractivity contribution >= 4 is 43.6 Å². The van der Waals surface area contributed by atoms with Crippen molar-refractivity contribution in [1.82, 2.24) is 9.97 Å². The summed E-state index contributed by atoms with van der Waals surface area (Å²) in [6.07, 6.45) is 7.16. The van der Waals surface area contributed by atoms with Crippen LogP contribution in [0.1, 0.15) is 63.5 Å². The number of fused-ring (bicyclic) bond motifs is 9. The number of aromatic nitrogens is 2. The van der Waals surface area contributed by atoms with Crippen LogP contribution >= 0.6 is 0 Å². The van der Waals surface area contributed by atoms with Gasteiger partial charge in [0.2, 0.25) is 0 Å². The molecule has 0 saturated carbocycles. The van der Waals surface area contributed by atoms with Crippen LogP contribution in [0.3, 0.4) is 0 Å². The lowest BCUT2D eigenvalue weighted by Crippen LogP contribution is -2.25. The molecule has 0 radical (unpaired) electrons. The minimum Gasteiger partial charge on any atom is -0.354 e. The van der Waals surface area contributed by atoms with Gasteiger partial charge in [-0.05, 0) is 70.5 Å². The van der Waals surface area contributed by atoms with Crippen molar-refractivity contribution in [2.24, 2.45) is 0 Å². The van der Waals surface area contributed by atoms with Gasteiger partial charge in [0, 0.05) is 49.1 Å². The Hall–Kier alpha value is -5.08. The lowest BCUT2D eigenvalue weighted by molar-refractivity contribution is 0.414. The molecule has 0 atom stereocenters. The summed E-state index contributed by atoms with van der Waals surface area (Å²) in [4.78, 5) is 7.53. The van der Waals surface area contributed by atoms with Crippen molar-refractivity contribution in [2.45, 2.75) is 57.8 Å². The molecule has 230 valence electrons. The number of hydrogen-bond acceptors (Lipinski definition) is 0. The van der Waals surface area contributed by atoms with Crippen LogP contribution < -0.4 is 0 Å². The topological polar surface area (TPSA) is 31.6 Å². The summed E-state index contributed by atoms with van der Waals surface area (Å²) < 4.78 is 0. The van der Waals surface area contributed by atoms with Gasteiger partial charge < -0.3 is 9.97 Å². The van der Waals surface area contributed by atoms with Crippen molar-refractivity contribution in [2.75, 3.05) is 0 Å². The zero-order valence-corrected chi connectivity index (χ0v) is 27.3. The first kappa shape index (κ1) is 28.2. The highest BCUT2D eigenvalue weighted by atomic mass is 14.7. The zero-order chi connectivity index (χ0) is 31.5. The van der Waals surface area contributed by atoms with Crippen LogP contribution in [0, 0.1) is 0 Å². The molecule has 1 aliphatic carbocycles. The molecule has 0 aliphatic heterocycles. The molecule has 0 unspecified atom stereocenters. The molecule has 9 rings (SSSR count). The Morgan fingerprint density at radius 3 is 1.36 bits per heavy atom. The third-order valence-electron chi connectivity index (χ3n) is 11.0. The van der Waals surface area contributed by atoms with Crippen molar-refractivity contribution < 1.29 is 0 Å². The number of H-pyrrole nitrogens is 2. The highest BCUT2D eigenvalue weighted by Gasteiger charge is 2.42. The molecular formula is C45H40N2. The third kappa shape index (κ3) is 4.24. The summed E-state index contributed by atoms with van der Waals surface area (Å²) in [5.41, 5.74) is 15.9. The fourth-order valence-electron chi connectivity index (χ4n) is 8.68. The average Bonchev–Trinajstić information content (AvgIpc) is 3.78. The van der Waals surface area contributed by atoms with Crippen LogP contribution in [-0.4, -0.2) is 9.97 Å². The second-order valence-corrected chi connectivity index (χ2v) is 13.6. The van der Waals surface area contributed by atoms with Gasteiger partial charge in [-0.3, -0.25) is 0 Å². The Labute approximate surface area is 276 Å². The first-order chi connectivity index (χ1) is 23.2. The van der Waals surface area contributed by atoms with Gasteiger partial charge in [-0.25, -0.2) is 0 Å². The Morgan fingerprint density at radius 1 is 0.447 bits per heavy atom. The molecular weight excluding hydrogens is 569 g/mol. The molecule has 0 spiro atoms. The molecule has 6 aromatic carbocycles. The van der Waals surface area contributed by atoms with Gasteiger partial charge in [-0.1, -0.05) is 137 Å². The monoisotopic (exact) mass is 608 g/mol. The first-order valence-corrected chi connectivity index (χ1v) is 17.5. The van der Waals surface area contributed by atoms with E-state index in [1.54, 1.807) is 0 Å². The quantitative estimate of drug-likeness (QED) is 0.172. The van der Waals surface area contributed by atoms with E-state index in [0.717, 1.165) is 0 Å². The summed E-state index contributed by atoms with van der Waals surface area (Å²) in [6.45, 7) is 4.68. The highest BCUT2D eigenvalue weighted by Crippen LogP contribution is 2.56. The molecule has 0 fully saturated rings. The molecule has 2 nitrogen and oxygen atoms in total. The summed E-state index contributed by atoms with van der Waals surface area (Å²) in [7, 11) is 0. The van der Waals surface area contributed by atoms with E-state index in [9.17, 15) is 0 Å². The second kappa shape index (κ2) is 11.0. The molecule has 2 aromatic heterocycles. The van der Waals surface area contributed by atoms with Crippen LogP contribution in [0.5, 0.6) is 0 Å². The number of benzene rings is 6. The van der Waals surface area contributed by atoms with E-state index in [1.165, 1.54) is 127 Å². The predicted molar refractivity (Wildman–Crippen MR) is 201 cm³/mol. The maximum absolute atomic E-state index is 3.77. The molecule has 0 amide bonds. The number of nitrogens with one attached hydrogen (secondary N) is 2. The van der Waals surface area contributed by atoms with Gasteiger partial charge in [-0.2, -0.15) is 0 Å². The fraction of sp³-hybridized carbons (Fsp3) is 0.200. The van der Waals surface area contributed by atoms with Gasteiger partial charge in [0.05, 0.1) is 11.0 Å². The van der Waals surface area contributed by atoms with Crippen LogP contribution in [-0.2, 0) is 5.41 Å². The lowest BCUT2D eigenvalue weighted by atomic mass is 9.70. The normalized spacial score (nSPS) is 13.6. The maximum atomic E-state index is 3.77. The smallest absolute Gasteiger partial charge is 0.0544 e. The van der Waals surface area contributed by atoms with E-state index in [-0.39, 0.29) is 5.41 Å². The minimum absolute atomic E-state index is 0.00854. The molecule has 2 heteroatoms. The SMILES string of the molecule is CCCCC1(CCCC)c2cc(-c3cccc4c3[nH]c3ccccc34)ccc2-c2ccc(-c3cccc4c3[nH]c3ccccc34)cc21. The molecule has 8 aromatic rings. The Bertz CT molecular complexity index is 2280. The van der Waals surface area contributed by atoms with E-state index < -0.39 is 0 Å². The summed E-state index contributed by atoms with van der Waals surface area (Å²) >= 11 is 0. The largest absolute Gasteiger partial charge is 0.354 e. The summed E-state index contributed by atoms with van der Waals surface area (Å²) in [5, 5.41) is 5.16. The van der Waals surface area contributed by atoms with Gasteiger partial charge >= 0.3 is 0 Å². The van der Waals surface area contributed by atoms with Crippen LogP contribution in [0.2, 0.25) is 0 Å². The summed E-state index contributed by atoms with van der Waals surface area (Å²) in [6, 6.07) is 45.5. The van der Waals surface area contributed by atoms with Gasteiger partial charge in [-0.15, -0.1) is 0 Å². The number of rotatable bonds is 8. The summed E-state index contributed by atoms with van der Waals surface area (Å²) in [5.74, 6) is 0.